The molecule has 0 bridgehead atoms. The van der Waals surface area contributed by atoms with Gasteiger partial charge in [0.25, 0.3) is 0 Å². The molecule has 13 heavy (non-hydrogen) atoms. The van der Waals surface area contributed by atoms with E-state index in [2.05, 4.69) is 17.5 Å². The molecule has 0 spiro atoms. The number of nitrogens with two attached hydrogens (primary N) is 1. The fourth-order valence-corrected chi connectivity index (χ4v) is 3.79. The van der Waals surface area contributed by atoms with Crippen LogP contribution in [0.25, 0.3) is 0 Å². The first-order valence-electron chi connectivity index (χ1n) is 4.67. The molecule has 1 radical (unpaired) electrons. The van der Waals surface area contributed by atoms with E-state index in [4.69, 9.17) is 5.73 Å². The fourth-order valence-electron chi connectivity index (χ4n) is 1.61. The predicted octanol–water partition coefficient (Wildman–Crippen LogP) is 3.27. The first-order valence-corrected chi connectivity index (χ1v) is 6.43. The Bertz CT molecular complexity index is 245. The van der Waals surface area contributed by atoms with Crippen molar-refractivity contribution < 1.29 is 0 Å². The first kappa shape index (κ1) is 9.56. The summed E-state index contributed by atoms with van der Waals surface area (Å²) in [6, 6.07) is 5.48. The molecule has 1 saturated carbocycles. The van der Waals surface area contributed by atoms with Gasteiger partial charge in [-0.15, -0.1) is 23.1 Å². The van der Waals surface area contributed by atoms with Gasteiger partial charge < -0.3 is 5.73 Å². The second-order valence-corrected chi connectivity index (χ2v) is 5.81. The lowest BCUT2D eigenvalue weighted by Gasteiger charge is -2.26. The normalized spacial score (nSPS) is 24.8. The summed E-state index contributed by atoms with van der Waals surface area (Å²) in [5, 5.41) is 2.70. The smallest absolute Gasteiger partial charge is 0.0601 e. The van der Waals surface area contributed by atoms with Gasteiger partial charge in [0, 0.05) is 11.3 Å². The van der Waals surface area contributed by atoms with Gasteiger partial charge in [0.2, 0.25) is 0 Å². The number of thioether (sulfide) groups is 1. The molecule has 1 aliphatic rings. The molecule has 1 unspecified atom stereocenters. The van der Waals surface area contributed by atoms with Crippen molar-refractivity contribution in [1.82, 2.24) is 0 Å². The molecule has 0 amide bonds. The molecular formula is C10H14NS2. The van der Waals surface area contributed by atoms with Crippen LogP contribution in [0.3, 0.4) is 0 Å². The highest BCUT2D eigenvalue weighted by atomic mass is 32.2. The third-order valence-corrected chi connectivity index (χ3v) is 4.78. The molecule has 2 rings (SSSR count). The summed E-state index contributed by atoms with van der Waals surface area (Å²) < 4.78 is 1.40. The molecule has 1 nitrogen and oxygen atoms in total. The molecule has 1 heterocycles. The van der Waals surface area contributed by atoms with E-state index in [0.717, 1.165) is 6.42 Å². The second kappa shape index (κ2) is 4.49. The maximum atomic E-state index is 6.00. The lowest BCUT2D eigenvalue weighted by molar-refractivity contribution is 0.540. The van der Waals surface area contributed by atoms with Crippen molar-refractivity contribution in [2.24, 2.45) is 5.73 Å². The minimum atomic E-state index is 0.576. The van der Waals surface area contributed by atoms with Crippen LogP contribution in [0.5, 0.6) is 0 Å². The average Bonchev–Trinajstić information content (AvgIpc) is 2.61. The van der Waals surface area contributed by atoms with Crippen molar-refractivity contribution in [3.05, 3.63) is 23.6 Å². The summed E-state index contributed by atoms with van der Waals surface area (Å²) in [6.07, 6.45) is 5.01. The van der Waals surface area contributed by atoms with E-state index in [1.165, 1.54) is 29.5 Å². The maximum Gasteiger partial charge on any atom is 0.0601 e. The zero-order valence-corrected chi connectivity index (χ0v) is 9.16. The van der Waals surface area contributed by atoms with Crippen molar-refractivity contribution in [3.63, 3.8) is 0 Å². The Morgan fingerprint density at radius 1 is 1.46 bits per heavy atom. The van der Waals surface area contributed by atoms with Crippen LogP contribution in [0, 0.1) is 6.04 Å². The van der Waals surface area contributed by atoms with E-state index in [1.807, 2.05) is 23.1 Å². The monoisotopic (exact) mass is 212 g/mol. The summed E-state index contributed by atoms with van der Waals surface area (Å²) in [7, 11) is 0. The van der Waals surface area contributed by atoms with E-state index in [9.17, 15) is 0 Å². The SMILES string of the molecule is N[C]1CCCCC1Sc1cccs1. The predicted molar refractivity (Wildman–Crippen MR) is 59.9 cm³/mol. The van der Waals surface area contributed by atoms with Crippen LogP contribution in [0.15, 0.2) is 21.7 Å². The van der Waals surface area contributed by atoms with Gasteiger partial charge >= 0.3 is 0 Å². The summed E-state index contributed by atoms with van der Waals surface area (Å²) >= 11 is 3.75. The van der Waals surface area contributed by atoms with Gasteiger partial charge in [-0.3, -0.25) is 0 Å². The maximum absolute atomic E-state index is 6.00. The largest absolute Gasteiger partial charge is 0.323 e. The summed E-state index contributed by atoms with van der Waals surface area (Å²) in [6.45, 7) is 0. The van der Waals surface area contributed by atoms with Crippen LogP contribution in [-0.2, 0) is 0 Å². The van der Waals surface area contributed by atoms with Gasteiger partial charge in [0.1, 0.15) is 0 Å². The van der Waals surface area contributed by atoms with Crippen LogP contribution >= 0.6 is 23.1 Å². The molecule has 0 aromatic carbocycles. The number of hydrogen-bond donors (Lipinski definition) is 1. The van der Waals surface area contributed by atoms with E-state index in [-0.39, 0.29) is 0 Å². The fraction of sp³-hybridized carbons (Fsp3) is 0.500. The highest BCUT2D eigenvalue weighted by Crippen LogP contribution is 2.37. The molecule has 0 aliphatic heterocycles. The Hall–Kier alpha value is 0.01000. The lowest BCUT2D eigenvalue weighted by Crippen LogP contribution is -2.26. The number of thiophene rings is 1. The zero-order valence-electron chi connectivity index (χ0n) is 7.53. The van der Waals surface area contributed by atoms with Gasteiger partial charge in [-0.25, -0.2) is 0 Å². The summed E-state index contributed by atoms with van der Waals surface area (Å²) in [5.41, 5.74) is 6.00. The van der Waals surface area contributed by atoms with Crippen molar-refractivity contribution in [2.75, 3.05) is 0 Å². The van der Waals surface area contributed by atoms with Crippen LogP contribution < -0.4 is 5.73 Å². The molecule has 2 N–H and O–H groups in total. The second-order valence-electron chi connectivity index (χ2n) is 3.36. The van der Waals surface area contributed by atoms with Crippen molar-refractivity contribution in [1.29, 1.82) is 0 Å². The Balaban J connectivity index is 1.93. The van der Waals surface area contributed by atoms with Crippen LogP contribution in [-0.4, -0.2) is 5.25 Å². The third-order valence-electron chi connectivity index (χ3n) is 2.35. The summed E-state index contributed by atoms with van der Waals surface area (Å²) in [4.78, 5) is 0. The average molecular weight is 212 g/mol. The minimum absolute atomic E-state index is 0.576. The topological polar surface area (TPSA) is 26.0 Å². The van der Waals surface area contributed by atoms with Crippen molar-refractivity contribution >= 4 is 23.1 Å². The van der Waals surface area contributed by atoms with Crippen LogP contribution in [0.1, 0.15) is 25.7 Å². The Morgan fingerprint density at radius 2 is 2.38 bits per heavy atom. The summed E-state index contributed by atoms with van der Waals surface area (Å²) in [5.74, 6) is 0. The molecule has 0 saturated heterocycles. The minimum Gasteiger partial charge on any atom is -0.323 e. The van der Waals surface area contributed by atoms with E-state index in [0.29, 0.717) is 5.25 Å². The van der Waals surface area contributed by atoms with E-state index < -0.39 is 0 Å². The van der Waals surface area contributed by atoms with Crippen LogP contribution in [0.2, 0.25) is 0 Å². The molecule has 1 aromatic rings. The molecule has 71 valence electrons. The van der Waals surface area contributed by atoms with Gasteiger partial charge in [-0.05, 0) is 24.3 Å². The molecule has 1 fully saturated rings. The highest BCUT2D eigenvalue weighted by Gasteiger charge is 2.23. The Morgan fingerprint density at radius 3 is 3.08 bits per heavy atom. The van der Waals surface area contributed by atoms with Crippen LogP contribution in [0.4, 0.5) is 0 Å². The standard InChI is InChI=1S/C10H14NS2/c11-8-4-1-2-5-9(8)13-10-6-3-7-12-10/h3,6-7,9H,1-2,4-5,11H2. The zero-order chi connectivity index (χ0) is 9.10. The van der Waals surface area contributed by atoms with Gasteiger partial charge in [-0.2, -0.15) is 0 Å². The van der Waals surface area contributed by atoms with Gasteiger partial charge in [-0.1, -0.05) is 18.9 Å². The molecule has 1 atom stereocenters. The molecule has 1 aromatic heterocycles. The number of hydrogen-bond acceptors (Lipinski definition) is 3. The van der Waals surface area contributed by atoms with Gasteiger partial charge in [0.15, 0.2) is 0 Å². The van der Waals surface area contributed by atoms with E-state index in [1.54, 1.807) is 0 Å². The van der Waals surface area contributed by atoms with Crippen molar-refractivity contribution in [3.8, 4) is 0 Å². The van der Waals surface area contributed by atoms with Crippen molar-refractivity contribution in [2.45, 2.75) is 35.1 Å². The number of rotatable bonds is 2. The molecular weight excluding hydrogens is 198 g/mol. The van der Waals surface area contributed by atoms with E-state index >= 15 is 0 Å². The first-order chi connectivity index (χ1) is 6.36. The highest BCUT2D eigenvalue weighted by molar-refractivity contribution is 8.01. The Labute approximate surface area is 87.7 Å². The quantitative estimate of drug-likeness (QED) is 0.814. The Kier molecular flexibility index (Phi) is 3.30. The van der Waals surface area contributed by atoms with Gasteiger partial charge in [0.05, 0.1) is 4.21 Å². The lowest BCUT2D eigenvalue weighted by atomic mass is 9.96. The molecule has 1 aliphatic carbocycles. The third kappa shape index (κ3) is 2.48. The molecule has 3 heteroatoms.